The van der Waals surface area contributed by atoms with Crippen molar-refractivity contribution < 1.29 is 13.2 Å². The monoisotopic (exact) mass is 547 g/mol. The third kappa shape index (κ3) is 6.52. The molecule has 1 unspecified atom stereocenters. The molecule has 1 aromatic heterocycles. The number of benzene rings is 1. The number of nitrogens with one attached hydrogen (secondary N) is 4. The number of sulfone groups is 1. The smallest absolute Gasteiger partial charge is 0.229 e. The van der Waals surface area contributed by atoms with E-state index in [0.29, 0.717) is 5.92 Å². The Hall–Kier alpha value is -2.89. The lowest BCUT2D eigenvalue weighted by Crippen LogP contribution is -2.28. The average molecular weight is 548 g/mol. The van der Waals surface area contributed by atoms with E-state index in [1.807, 2.05) is 6.07 Å². The van der Waals surface area contributed by atoms with Crippen molar-refractivity contribution in [1.82, 2.24) is 20.2 Å². The van der Waals surface area contributed by atoms with Crippen molar-refractivity contribution in [2.45, 2.75) is 50.4 Å². The number of aromatic nitrogens is 2. The van der Waals surface area contributed by atoms with Crippen LogP contribution in [0.5, 0.6) is 5.75 Å². The van der Waals surface area contributed by atoms with Crippen molar-refractivity contribution in [2.24, 2.45) is 0 Å². The van der Waals surface area contributed by atoms with Crippen LogP contribution >= 0.6 is 11.6 Å². The molecular weight excluding hydrogens is 514 g/mol. The molecule has 4 rings (SSSR count). The van der Waals surface area contributed by atoms with E-state index in [-0.39, 0.29) is 28.6 Å². The third-order valence-corrected chi connectivity index (χ3v) is 8.68. The standard InChI is InChI=1S/C25H34ClN7O3S/c1-15(2)37(34,35)23(27)21(13-28-3)30-24-19(26)12-29-25(32-24)31-20-8-5-16(17-9-10-33(4)14-17)11-22(20)36-18-6-7-18/h5,8,11-13,15,17-18,27-28H,6-7,9-10,14H2,1-4H3,(H2,29,30,31,32)/b21-13+,27-23?. The number of hydrogen-bond donors (Lipinski definition) is 4. The molecule has 10 nitrogen and oxygen atoms in total. The highest BCUT2D eigenvalue weighted by Crippen LogP contribution is 2.37. The Bertz CT molecular complexity index is 1300. The number of hydrogen-bond acceptors (Lipinski definition) is 10. The fraction of sp³-hybridized carbons (Fsp3) is 0.480. The summed E-state index contributed by atoms with van der Waals surface area (Å²) in [5.41, 5.74) is 2.00. The Morgan fingerprint density at radius 3 is 2.68 bits per heavy atom. The molecule has 1 saturated heterocycles. The van der Waals surface area contributed by atoms with Crippen molar-refractivity contribution in [3.05, 3.63) is 46.9 Å². The van der Waals surface area contributed by atoms with Gasteiger partial charge in [-0.3, -0.25) is 5.41 Å². The lowest BCUT2D eigenvalue weighted by atomic mass is 9.98. The molecule has 1 aromatic carbocycles. The number of anilines is 3. The first-order chi connectivity index (χ1) is 17.6. The van der Waals surface area contributed by atoms with E-state index in [1.54, 1.807) is 7.05 Å². The molecule has 2 aromatic rings. The van der Waals surface area contributed by atoms with Crippen molar-refractivity contribution >= 4 is 43.9 Å². The van der Waals surface area contributed by atoms with E-state index < -0.39 is 20.1 Å². The van der Waals surface area contributed by atoms with Crippen LogP contribution in [-0.2, 0) is 9.84 Å². The Kier molecular flexibility index (Phi) is 8.25. The van der Waals surface area contributed by atoms with E-state index in [1.165, 1.54) is 31.8 Å². The highest BCUT2D eigenvalue weighted by atomic mass is 35.5. The van der Waals surface area contributed by atoms with Crippen molar-refractivity contribution in [3.8, 4) is 5.75 Å². The van der Waals surface area contributed by atoms with Crippen LogP contribution in [0.25, 0.3) is 0 Å². The SMILES string of the molecule is CN/C=C(/Nc1nc(Nc2ccc(C3CCN(C)C3)cc2OC2CC2)ncc1Cl)C(=N)S(=O)(=O)C(C)C. The number of nitrogens with zero attached hydrogens (tertiary/aromatic N) is 3. The van der Waals surface area contributed by atoms with Gasteiger partial charge in [0.05, 0.1) is 28.9 Å². The number of halogens is 1. The molecular formula is C25H34ClN7O3S. The Balaban J connectivity index is 1.58. The summed E-state index contributed by atoms with van der Waals surface area (Å²) in [5.74, 6) is 1.64. The summed E-state index contributed by atoms with van der Waals surface area (Å²) in [5, 5.41) is 16.0. The molecule has 2 fully saturated rings. The molecule has 1 saturated carbocycles. The molecule has 2 heterocycles. The van der Waals surface area contributed by atoms with Gasteiger partial charge in [-0.05, 0) is 70.3 Å². The first-order valence-corrected chi connectivity index (χ1v) is 14.3. The molecule has 12 heteroatoms. The summed E-state index contributed by atoms with van der Waals surface area (Å²) in [6.45, 7) is 5.16. The van der Waals surface area contributed by atoms with Crippen LogP contribution < -0.4 is 20.7 Å². The van der Waals surface area contributed by atoms with Gasteiger partial charge in [-0.15, -0.1) is 0 Å². The maximum atomic E-state index is 12.6. The molecule has 0 radical (unpaired) electrons. The van der Waals surface area contributed by atoms with Crippen LogP contribution in [0, 0.1) is 5.41 Å². The van der Waals surface area contributed by atoms with Gasteiger partial charge in [0, 0.05) is 19.8 Å². The normalized spacial score (nSPS) is 18.6. The first kappa shape index (κ1) is 27.2. The second kappa shape index (κ2) is 11.2. The van der Waals surface area contributed by atoms with Crippen LogP contribution in [0.4, 0.5) is 17.5 Å². The van der Waals surface area contributed by atoms with Crippen LogP contribution in [0.15, 0.2) is 36.3 Å². The minimum atomic E-state index is -3.83. The molecule has 4 N–H and O–H groups in total. The van der Waals surface area contributed by atoms with Crippen LogP contribution in [0.1, 0.15) is 44.6 Å². The molecule has 2 aliphatic rings. The number of rotatable bonds is 10. The maximum Gasteiger partial charge on any atom is 0.229 e. The maximum absolute atomic E-state index is 12.6. The van der Waals surface area contributed by atoms with Crippen molar-refractivity contribution in [3.63, 3.8) is 0 Å². The molecule has 1 aliphatic carbocycles. The zero-order valence-corrected chi connectivity index (χ0v) is 23.1. The topological polar surface area (TPSA) is 132 Å². The Morgan fingerprint density at radius 1 is 1.30 bits per heavy atom. The zero-order valence-electron chi connectivity index (χ0n) is 21.5. The summed E-state index contributed by atoms with van der Waals surface area (Å²) in [4.78, 5) is 11.1. The van der Waals surface area contributed by atoms with Gasteiger partial charge >= 0.3 is 0 Å². The Labute approximate surface area is 223 Å². The summed E-state index contributed by atoms with van der Waals surface area (Å²) >= 11 is 6.33. The highest BCUT2D eigenvalue weighted by molar-refractivity contribution is 8.07. The van der Waals surface area contributed by atoms with Crippen molar-refractivity contribution in [2.75, 3.05) is 37.8 Å². The van der Waals surface area contributed by atoms with Gasteiger partial charge in [0.2, 0.25) is 5.95 Å². The summed E-state index contributed by atoms with van der Waals surface area (Å²) in [6.07, 6.45) is 6.20. The third-order valence-electron chi connectivity index (χ3n) is 6.37. The lowest BCUT2D eigenvalue weighted by molar-refractivity contribution is 0.304. The van der Waals surface area contributed by atoms with Gasteiger partial charge in [0.15, 0.2) is 20.7 Å². The second-order valence-electron chi connectivity index (χ2n) is 9.73. The summed E-state index contributed by atoms with van der Waals surface area (Å²) in [6, 6.07) is 6.19. The lowest BCUT2D eigenvalue weighted by Gasteiger charge is -2.18. The van der Waals surface area contributed by atoms with Crippen LogP contribution in [0.2, 0.25) is 5.02 Å². The molecule has 0 bridgehead atoms. The minimum absolute atomic E-state index is 0.0198. The van der Waals surface area contributed by atoms with Crippen LogP contribution in [0.3, 0.4) is 0 Å². The quantitative estimate of drug-likeness (QED) is 0.256. The largest absolute Gasteiger partial charge is 0.488 e. The van der Waals surface area contributed by atoms with Gasteiger partial charge < -0.3 is 25.6 Å². The van der Waals surface area contributed by atoms with Gasteiger partial charge in [0.1, 0.15) is 10.8 Å². The molecule has 0 amide bonds. The van der Waals surface area contributed by atoms with Crippen LogP contribution in [-0.4, -0.2) is 66.9 Å². The predicted molar refractivity (Wildman–Crippen MR) is 148 cm³/mol. The highest BCUT2D eigenvalue weighted by Gasteiger charge is 2.28. The Morgan fingerprint density at radius 2 is 2.05 bits per heavy atom. The summed E-state index contributed by atoms with van der Waals surface area (Å²) in [7, 11) is -0.0770. The van der Waals surface area contributed by atoms with Gasteiger partial charge in [0.25, 0.3) is 0 Å². The predicted octanol–water partition coefficient (Wildman–Crippen LogP) is 4.11. The fourth-order valence-corrected chi connectivity index (χ4v) is 5.05. The molecule has 0 spiro atoms. The zero-order chi connectivity index (χ0) is 26.7. The number of ether oxygens (including phenoxy) is 1. The van der Waals surface area contributed by atoms with E-state index in [9.17, 15) is 8.42 Å². The van der Waals surface area contributed by atoms with E-state index in [2.05, 4.69) is 50.0 Å². The first-order valence-electron chi connectivity index (χ1n) is 12.3. The van der Waals surface area contributed by atoms with E-state index in [0.717, 1.165) is 43.8 Å². The summed E-state index contributed by atoms with van der Waals surface area (Å²) < 4.78 is 31.4. The van der Waals surface area contributed by atoms with Gasteiger partial charge in [-0.2, -0.15) is 4.98 Å². The van der Waals surface area contributed by atoms with Gasteiger partial charge in [-0.25, -0.2) is 13.4 Å². The fourth-order valence-electron chi connectivity index (χ4n) is 4.02. The molecule has 37 heavy (non-hydrogen) atoms. The molecule has 200 valence electrons. The number of likely N-dealkylation sites (tertiary alicyclic amines) is 1. The molecule has 1 atom stereocenters. The number of likely N-dealkylation sites (N-methyl/N-ethyl adjacent to an activating group) is 1. The van der Waals surface area contributed by atoms with Gasteiger partial charge in [-0.1, -0.05) is 17.7 Å². The average Bonchev–Trinajstić information content (AvgIpc) is 3.57. The molecule has 1 aliphatic heterocycles. The van der Waals surface area contributed by atoms with Crippen molar-refractivity contribution in [1.29, 1.82) is 5.41 Å². The minimum Gasteiger partial charge on any atom is -0.488 e. The second-order valence-corrected chi connectivity index (χ2v) is 12.6. The van der Waals surface area contributed by atoms with E-state index in [4.69, 9.17) is 21.7 Å². The van der Waals surface area contributed by atoms with E-state index >= 15 is 0 Å².